The van der Waals surface area contributed by atoms with Crippen molar-refractivity contribution in [3.63, 3.8) is 0 Å². The molecular weight excluding hydrogens is 334 g/mol. The number of fused-ring (bicyclic) bond motifs is 1. The molecule has 1 fully saturated rings. The number of aryl methyl sites for hydroxylation is 1. The number of aliphatic carboxylic acids is 1. The van der Waals surface area contributed by atoms with Crippen LogP contribution >= 0.6 is 11.8 Å². The molecule has 0 unspecified atom stereocenters. The third kappa shape index (κ3) is 3.54. The summed E-state index contributed by atoms with van der Waals surface area (Å²) in [5.41, 5.74) is 4.52. The molecule has 3 N–H and O–H groups in total. The van der Waals surface area contributed by atoms with E-state index in [0.29, 0.717) is 6.04 Å². The van der Waals surface area contributed by atoms with E-state index >= 15 is 0 Å². The van der Waals surface area contributed by atoms with Crippen molar-refractivity contribution in [3.8, 4) is 0 Å². The highest BCUT2D eigenvalue weighted by Crippen LogP contribution is 2.32. The van der Waals surface area contributed by atoms with Crippen LogP contribution in [0.25, 0.3) is 10.9 Å². The minimum Gasteiger partial charge on any atom is -0.481 e. The number of hydrogen-bond acceptors (Lipinski definition) is 4. The van der Waals surface area contributed by atoms with Crippen LogP contribution in [0.2, 0.25) is 0 Å². The average molecular weight is 357 g/mol. The van der Waals surface area contributed by atoms with Gasteiger partial charge in [-0.1, -0.05) is 12.8 Å². The van der Waals surface area contributed by atoms with Crippen molar-refractivity contribution in [3.05, 3.63) is 29.5 Å². The summed E-state index contributed by atoms with van der Waals surface area (Å²) in [6.45, 7) is 2.12. The molecule has 0 spiro atoms. The first-order valence-electron chi connectivity index (χ1n) is 8.91. The van der Waals surface area contributed by atoms with E-state index in [2.05, 4.69) is 40.4 Å². The molecular formula is C19H23N3O2S. The molecule has 0 amide bonds. The lowest BCUT2D eigenvalue weighted by atomic mass is 10.1. The molecule has 4 rings (SSSR count). The first-order chi connectivity index (χ1) is 12.1. The van der Waals surface area contributed by atoms with Gasteiger partial charge < -0.3 is 15.4 Å². The molecule has 2 aliphatic rings. The summed E-state index contributed by atoms with van der Waals surface area (Å²) in [5, 5.41) is 14.8. The second kappa shape index (κ2) is 6.75. The highest BCUT2D eigenvalue weighted by molar-refractivity contribution is 8.14. The number of aromatic nitrogens is 1. The highest BCUT2D eigenvalue weighted by atomic mass is 32.2. The maximum absolute atomic E-state index is 10.9. The molecule has 0 saturated heterocycles. The molecule has 1 aliphatic heterocycles. The van der Waals surface area contributed by atoms with Crippen molar-refractivity contribution < 1.29 is 9.90 Å². The molecule has 1 saturated carbocycles. The minimum atomic E-state index is -0.786. The van der Waals surface area contributed by atoms with E-state index in [1.807, 2.05) is 0 Å². The molecule has 25 heavy (non-hydrogen) atoms. The summed E-state index contributed by atoms with van der Waals surface area (Å²) in [7, 11) is 0. The van der Waals surface area contributed by atoms with E-state index in [9.17, 15) is 4.79 Å². The van der Waals surface area contributed by atoms with Crippen LogP contribution < -0.4 is 5.32 Å². The Bertz CT molecular complexity index is 837. The van der Waals surface area contributed by atoms with Crippen LogP contribution in [0.3, 0.4) is 0 Å². The van der Waals surface area contributed by atoms with Gasteiger partial charge in [-0.3, -0.25) is 9.79 Å². The number of hydrogen-bond donors (Lipinski definition) is 3. The first-order valence-corrected chi connectivity index (χ1v) is 9.90. The third-order valence-corrected chi connectivity index (χ3v) is 6.09. The van der Waals surface area contributed by atoms with E-state index in [4.69, 9.17) is 5.11 Å². The lowest BCUT2D eigenvalue weighted by Crippen LogP contribution is -2.14. The van der Waals surface area contributed by atoms with Gasteiger partial charge in [0.1, 0.15) is 5.04 Å². The predicted octanol–water partition coefficient (Wildman–Crippen LogP) is 4.17. The number of nitrogens with one attached hydrogen (secondary N) is 2. The van der Waals surface area contributed by atoms with Crippen molar-refractivity contribution in [1.82, 2.24) is 4.98 Å². The van der Waals surface area contributed by atoms with Crippen molar-refractivity contribution in [2.45, 2.75) is 51.1 Å². The fraction of sp³-hybridized carbons (Fsp3) is 0.474. The van der Waals surface area contributed by atoms with Gasteiger partial charge >= 0.3 is 5.97 Å². The van der Waals surface area contributed by atoms with Gasteiger partial charge in [-0.05, 0) is 43.5 Å². The van der Waals surface area contributed by atoms with Gasteiger partial charge in [0, 0.05) is 17.2 Å². The summed E-state index contributed by atoms with van der Waals surface area (Å²) >= 11 is 1.64. The largest absolute Gasteiger partial charge is 0.481 e. The Hall–Kier alpha value is -1.95. The minimum absolute atomic E-state index is 0.102. The molecule has 1 aliphatic carbocycles. The second-order valence-corrected chi connectivity index (χ2v) is 8.09. The topological polar surface area (TPSA) is 77.5 Å². The highest BCUT2D eigenvalue weighted by Gasteiger charge is 2.23. The SMILES string of the molecule is Cc1cc(NC2CCCC2)c2[nH]c(C3=N[C@H](CC(=O)O)CS3)cc2c1. The zero-order valence-electron chi connectivity index (χ0n) is 14.3. The van der Waals surface area contributed by atoms with Gasteiger partial charge in [-0.15, -0.1) is 11.8 Å². The van der Waals surface area contributed by atoms with Gasteiger partial charge in [-0.2, -0.15) is 0 Å². The lowest BCUT2D eigenvalue weighted by Gasteiger charge is -2.15. The van der Waals surface area contributed by atoms with E-state index in [0.717, 1.165) is 22.0 Å². The Kier molecular flexibility index (Phi) is 4.46. The van der Waals surface area contributed by atoms with Gasteiger partial charge in [0.25, 0.3) is 0 Å². The van der Waals surface area contributed by atoms with Crippen LogP contribution in [0.4, 0.5) is 5.69 Å². The van der Waals surface area contributed by atoms with Crippen LogP contribution in [0, 0.1) is 6.92 Å². The van der Waals surface area contributed by atoms with Crippen molar-refractivity contribution >= 4 is 39.4 Å². The van der Waals surface area contributed by atoms with E-state index in [-0.39, 0.29) is 12.5 Å². The molecule has 1 aromatic carbocycles. The normalized spacial score (nSPS) is 21.0. The summed E-state index contributed by atoms with van der Waals surface area (Å²) in [6, 6.07) is 6.97. The molecule has 6 heteroatoms. The molecule has 2 heterocycles. The third-order valence-electron chi connectivity index (χ3n) is 4.94. The molecule has 1 atom stereocenters. The number of aromatic amines is 1. The summed E-state index contributed by atoms with van der Waals surface area (Å²) in [6.07, 6.45) is 5.19. The number of carboxylic acid groups (broad SMARTS) is 1. The van der Waals surface area contributed by atoms with Crippen LogP contribution in [0.1, 0.15) is 43.4 Å². The summed E-state index contributed by atoms with van der Waals surface area (Å²) < 4.78 is 0. The number of carbonyl (C=O) groups is 1. The Labute approximate surface area is 151 Å². The predicted molar refractivity (Wildman–Crippen MR) is 104 cm³/mol. The zero-order chi connectivity index (χ0) is 17.4. The number of H-pyrrole nitrogens is 1. The number of anilines is 1. The number of nitrogens with zero attached hydrogens (tertiary/aromatic N) is 1. The number of benzene rings is 1. The average Bonchev–Trinajstić information content (AvgIpc) is 3.26. The summed E-state index contributed by atoms with van der Waals surface area (Å²) in [4.78, 5) is 19.0. The van der Waals surface area contributed by atoms with Gasteiger partial charge in [0.05, 0.1) is 29.4 Å². The number of aliphatic imine (C=N–C) groups is 1. The summed E-state index contributed by atoms with van der Waals surface area (Å²) in [5.74, 6) is -0.0469. The lowest BCUT2D eigenvalue weighted by molar-refractivity contribution is -0.137. The Morgan fingerprint density at radius 3 is 2.92 bits per heavy atom. The van der Waals surface area contributed by atoms with Crippen molar-refractivity contribution in [2.24, 2.45) is 4.99 Å². The van der Waals surface area contributed by atoms with Crippen molar-refractivity contribution in [2.75, 3.05) is 11.1 Å². The fourth-order valence-electron chi connectivity index (χ4n) is 3.78. The number of carboxylic acids is 1. The van der Waals surface area contributed by atoms with Gasteiger partial charge in [-0.25, -0.2) is 0 Å². The standard InChI is InChI=1S/C19H23N3O2S/c1-11-6-12-8-16(19-21-14(10-25-19)9-17(23)24)22-18(12)15(7-11)20-13-4-2-3-5-13/h6-8,13-14,20,22H,2-5,9-10H2,1H3,(H,23,24)/t14-/m1/s1. The molecule has 5 nitrogen and oxygen atoms in total. The maximum atomic E-state index is 10.9. The Morgan fingerprint density at radius 1 is 1.36 bits per heavy atom. The monoisotopic (exact) mass is 357 g/mol. The van der Waals surface area contributed by atoms with Crippen LogP contribution in [0.5, 0.6) is 0 Å². The molecule has 0 radical (unpaired) electrons. The maximum Gasteiger partial charge on any atom is 0.305 e. The molecule has 0 bridgehead atoms. The smallest absolute Gasteiger partial charge is 0.305 e. The van der Waals surface area contributed by atoms with Gasteiger partial charge in [0.2, 0.25) is 0 Å². The first kappa shape index (κ1) is 16.5. The van der Waals surface area contributed by atoms with E-state index < -0.39 is 5.97 Å². The van der Waals surface area contributed by atoms with Crippen LogP contribution in [-0.2, 0) is 4.79 Å². The Balaban J connectivity index is 1.64. The van der Waals surface area contributed by atoms with Crippen LogP contribution in [-0.4, -0.2) is 38.9 Å². The van der Waals surface area contributed by atoms with E-state index in [1.165, 1.54) is 42.3 Å². The Morgan fingerprint density at radius 2 is 2.16 bits per heavy atom. The zero-order valence-corrected chi connectivity index (χ0v) is 15.2. The fourth-order valence-corrected chi connectivity index (χ4v) is 4.81. The van der Waals surface area contributed by atoms with Crippen molar-refractivity contribution in [1.29, 1.82) is 0 Å². The van der Waals surface area contributed by atoms with E-state index in [1.54, 1.807) is 11.8 Å². The van der Waals surface area contributed by atoms with Gasteiger partial charge in [0.15, 0.2) is 0 Å². The second-order valence-electron chi connectivity index (χ2n) is 7.08. The quantitative estimate of drug-likeness (QED) is 0.750. The molecule has 1 aromatic heterocycles. The molecule has 132 valence electrons. The molecule has 2 aromatic rings. The number of rotatable bonds is 5. The number of thioether (sulfide) groups is 1. The van der Waals surface area contributed by atoms with Crippen LogP contribution in [0.15, 0.2) is 23.2 Å².